The molecule has 4 nitrogen and oxygen atoms in total. The highest BCUT2D eigenvalue weighted by Crippen LogP contribution is 1.76. The molecule has 1 rings (SSSR count). The molecule has 0 fully saturated rings. The first kappa shape index (κ1) is 4.96. The van der Waals surface area contributed by atoms with Gasteiger partial charge in [-0.05, 0) is 17.4 Å². The van der Waals surface area contributed by atoms with Crippen molar-refractivity contribution in [3.8, 4) is 0 Å². The maximum Gasteiger partial charge on any atom is 0.143 e. The van der Waals surface area contributed by atoms with E-state index in [1.165, 1.54) is 11.0 Å². The van der Waals surface area contributed by atoms with E-state index >= 15 is 0 Å². The van der Waals surface area contributed by atoms with E-state index in [1.807, 2.05) is 13.0 Å². The van der Waals surface area contributed by atoms with Crippen LogP contribution in [0.15, 0.2) is 12.4 Å². The van der Waals surface area contributed by atoms with Crippen molar-refractivity contribution in [1.29, 1.82) is 0 Å². The lowest BCUT2D eigenvalue weighted by Gasteiger charge is -1.78. The molecule has 1 aromatic rings. The minimum atomic E-state index is 1.53. The van der Waals surface area contributed by atoms with Crippen molar-refractivity contribution >= 4 is 6.20 Å². The minimum Gasteiger partial charge on any atom is -0.208 e. The average molecular weight is 110 g/mol. The van der Waals surface area contributed by atoms with Gasteiger partial charge in [0.2, 0.25) is 0 Å². The van der Waals surface area contributed by atoms with E-state index < -0.39 is 0 Å². The van der Waals surface area contributed by atoms with Gasteiger partial charge in [-0.1, -0.05) is 6.08 Å². The highest BCUT2D eigenvalue weighted by molar-refractivity contribution is 5.15. The molecule has 0 amide bonds. The van der Waals surface area contributed by atoms with Gasteiger partial charge in [0, 0.05) is 6.20 Å². The van der Waals surface area contributed by atoms with Crippen LogP contribution in [-0.2, 0) is 0 Å². The number of tetrazole rings is 1. The molecule has 0 saturated carbocycles. The molecule has 0 bridgehead atoms. The lowest BCUT2D eigenvalue weighted by molar-refractivity contribution is 0.818. The molecule has 0 aliphatic heterocycles. The second kappa shape index (κ2) is 2.20. The van der Waals surface area contributed by atoms with E-state index in [0.29, 0.717) is 0 Å². The molecule has 4 heteroatoms. The van der Waals surface area contributed by atoms with Gasteiger partial charge >= 0.3 is 0 Å². The van der Waals surface area contributed by atoms with Crippen LogP contribution in [-0.4, -0.2) is 20.2 Å². The van der Waals surface area contributed by atoms with Crippen LogP contribution in [0.3, 0.4) is 0 Å². The Morgan fingerprint density at radius 2 is 2.50 bits per heavy atom. The second-order valence-electron chi connectivity index (χ2n) is 1.27. The van der Waals surface area contributed by atoms with Gasteiger partial charge in [0.05, 0.1) is 0 Å². The van der Waals surface area contributed by atoms with Crippen LogP contribution in [0, 0.1) is 0 Å². The Labute approximate surface area is 46.8 Å². The molecule has 42 valence electrons. The maximum atomic E-state index is 3.57. The number of nitrogens with zero attached hydrogens (tertiary/aromatic N) is 4. The van der Waals surface area contributed by atoms with Crippen LogP contribution >= 0.6 is 0 Å². The summed E-state index contributed by atoms with van der Waals surface area (Å²) in [6, 6.07) is 0. The molecule has 0 radical (unpaired) electrons. The number of rotatable bonds is 1. The van der Waals surface area contributed by atoms with Crippen LogP contribution in [0.25, 0.3) is 6.20 Å². The predicted octanol–water partition coefficient (Wildman–Crippen LogP) is 0.164. The van der Waals surface area contributed by atoms with E-state index in [-0.39, 0.29) is 0 Å². The molecule has 0 saturated heterocycles. The molecule has 8 heavy (non-hydrogen) atoms. The Hall–Kier alpha value is -1.19. The Morgan fingerprint density at radius 3 is 3.00 bits per heavy atom. The normalized spacial score (nSPS) is 10.6. The van der Waals surface area contributed by atoms with Gasteiger partial charge in [-0.3, -0.25) is 0 Å². The quantitative estimate of drug-likeness (QED) is 0.517. The number of hydrogen-bond donors (Lipinski definition) is 0. The highest BCUT2D eigenvalue weighted by Gasteiger charge is 1.78. The standard InChI is InChI=1S/C4H6N4/c1-2-3-8-4-5-6-7-8/h2-4H,1H3. The predicted molar refractivity (Wildman–Crippen MR) is 28.8 cm³/mol. The summed E-state index contributed by atoms with van der Waals surface area (Å²) in [5, 5.41) is 10.4. The SMILES string of the molecule is CC=Cn1cnnn1. The lowest BCUT2D eigenvalue weighted by Crippen LogP contribution is -1.84. The summed E-state index contributed by atoms with van der Waals surface area (Å²) < 4.78 is 1.53. The average Bonchev–Trinajstić information content (AvgIpc) is 2.19. The first-order chi connectivity index (χ1) is 3.93. The third kappa shape index (κ3) is 0.900. The monoisotopic (exact) mass is 110 g/mol. The van der Waals surface area contributed by atoms with E-state index in [4.69, 9.17) is 0 Å². The maximum absolute atomic E-state index is 3.57. The van der Waals surface area contributed by atoms with Gasteiger partial charge < -0.3 is 0 Å². The molecule has 1 aromatic heterocycles. The van der Waals surface area contributed by atoms with Crippen LogP contribution in [0.1, 0.15) is 6.92 Å². The topological polar surface area (TPSA) is 43.6 Å². The summed E-state index contributed by atoms with van der Waals surface area (Å²) in [4.78, 5) is 0. The highest BCUT2D eigenvalue weighted by atomic mass is 15.5. The van der Waals surface area contributed by atoms with Crippen LogP contribution < -0.4 is 0 Å². The van der Waals surface area contributed by atoms with Crippen LogP contribution in [0.4, 0.5) is 0 Å². The smallest absolute Gasteiger partial charge is 0.143 e. The third-order valence-corrected chi connectivity index (χ3v) is 0.667. The van der Waals surface area contributed by atoms with Crippen LogP contribution in [0.5, 0.6) is 0 Å². The van der Waals surface area contributed by atoms with E-state index in [2.05, 4.69) is 15.5 Å². The van der Waals surface area contributed by atoms with Crippen molar-refractivity contribution in [2.45, 2.75) is 6.92 Å². The fourth-order valence-corrected chi connectivity index (χ4v) is 0.389. The Kier molecular flexibility index (Phi) is 1.37. The zero-order valence-corrected chi connectivity index (χ0v) is 4.52. The molecule has 0 N–H and O–H groups in total. The fraction of sp³-hybridized carbons (Fsp3) is 0.250. The fourth-order valence-electron chi connectivity index (χ4n) is 0.389. The van der Waals surface area contributed by atoms with E-state index in [9.17, 15) is 0 Å². The summed E-state index contributed by atoms with van der Waals surface area (Å²) in [5.41, 5.74) is 0. The van der Waals surface area contributed by atoms with Crippen molar-refractivity contribution in [1.82, 2.24) is 20.2 Å². The number of allylic oxidation sites excluding steroid dienone is 1. The summed E-state index contributed by atoms with van der Waals surface area (Å²) in [6.45, 7) is 1.90. The van der Waals surface area contributed by atoms with Crippen molar-refractivity contribution in [3.05, 3.63) is 12.4 Å². The largest absolute Gasteiger partial charge is 0.208 e. The first-order valence-electron chi connectivity index (χ1n) is 2.29. The molecule has 1 heterocycles. The van der Waals surface area contributed by atoms with Crippen molar-refractivity contribution in [2.75, 3.05) is 0 Å². The van der Waals surface area contributed by atoms with E-state index in [1.54, 1.807) is 6.20 Å². The molecular weight excluding hydrogens is 104 g/mol. The van der Waals surface area contributed by atoms with Gasteiger partial charge in [0.15, 0.2) is 0 Å². The summed E-state index contributed by atoms with van der Waals surface area (Å²) in [5.74, 6) is 0. The molecule has 0 atom stereocenters. The van der Waals surface area contributed by atoms with Crippen LogP contribution in [0.2, 0.25) is 0 Å². The minimum absolute atomic E-state index is 1.53. The molecular formula is C4H6N4. The van der Waals surface area contributed by atoms with Gasteiger partial charge in [-0.15, -0.1) is 5.10 Å². The number of hydrogen-bond acceptors (Lipinski definition) is 3. The summed E-state index contributed by atoms with van der Waals surface area (Å²) in [7, 11) is 0. The zero-order valence-electron chi connectivity index (χ0n) is 4.52. The second-order valence-corrected chi connectivity index (χ2v) is 1.27. The Bertz CT molecular complexity index is 164. The first-order valence-corrected chi connectivity index (χ1v) is 2.29. The Balaban J connectivity index is 2.77. The zero-order chi connectivity index (χ0) is 5.82. The molecule has 0 aromatic carbocycles. The third-order valence-electron chi connectivity index (χ3n) is 0.667. The molecule has 0 aliphatic carbocycles. The molecule has 0 aliphatic rings. The number of aromatic nitrogens is 4. The summed E-state index contributed by atoms with van der Waals surface area (Å²) in [6.07, 6.45) is 5.15. The van der Waals surface area contributed by atoms with E-state index in [0.717, 1.165) is 0 Å². The summed E-state index contributed by atoms with van der Waals surface area (Å²) >= 11 is 0. The van der Waals surface area contributed by atoms with Gasteiger partial charge in [-0.2, -0.15) is 0 Å². The lowest BCUT2D eigenvalue weighted by atomic mass is 10.7. The molecule has 0 spiro atoms. The van der Waals surface area contributed by atoms with Gasteiger partial charge in [0.1, 0.15) is 6.33 Å². The van der Waals surface area contributed by atoms with Gasteiger partial charge in [-0.25, -0.2) is 4.68 Å². The van der Waals surface area contributed by atoms with Crippen molar-refractivity contribution in [2.24, 2.45) is 0 Å². The Morgan fingerprint density at radius 1 is 1.62 bits per heavy atom. The molecule has 0 unspecified atom stereocenters. The van der Waals surface area contributed by atoms with Crippen molar-refractivity contribution < 1.29 is 0 Å². The van der Waals surface area contributed by atoms with Gasteiger partial charge in [0.25, 0.3) is 0 Å². The van der Waals surface area contributed by atoms with Crippen molar-refractivity contribution in [3.63, 3.8) is 0 Å².